The van der Waals surface area contributed by atoms with Crippen LogP contribution in [0.5, 0.6) is 0 Å². The first-order chi connectivity index (χ1) is 11.8. The molecule has 0 N–H and O–H groups in total. The van der Waals surface area contributed by atoms with Gasteiger partial charge in [0.25, 0.3) is 0 Å². The highest BCUT2D eigenvalue weighted by Gasteiger charge is 2.33. The van der Waals surface area contributed by atoms with Crippen LogP contribution in [0.1, 0.15) is 31.4 Å². The normalized spacial score (nSPS) is 15.3. The summed E-state index contributed by atoms with van der Waals surface area (Å²) in [5.41, 5.74) is 2.11. The third-order valence-corrected chi connectivity index (χ3v) is 4.11. The second-order valence-electron chi connectivity index (χ2n) is 5.80. The minimum absolute atomic E-state index is 0.115. The lowest BCUT2D eigenvalue weighted by Gasteiger charge is -2.36. The van der Waals surface area contributed by atoms with Gasteiger partial charge in [0.05, 0.1) is 5.56 Å². The van der Waals surface area contributed by atoms with Crippen LogP contribution >= 0.6 is 0 Å². The molecule has 2 rings (SSSR count). The van der Waals surface area contributed by atoms with Gasteiger partial charge in [0.15, 0.2) is 0 Å². The smallest absolute Gasteiger partial charge is 0.253 e. The molecule has 0 bridgehead atoms. The van der Waals surface area contributed by atoms with Gasteiger partial charge in [-0.05, 0) is 17.2 Å². The summed E-state index contributed by atoms with van der Waals surface area (Å²) in [6, 6.07) is 5.51. The summed E-state index contributed by atoms with van der Waals surface area (Å²) >= 11 is 0. The Morgan fingerprint density at radius 1 is 1.28 bits per heavy atom. The molecule has 0 unspecified atom stereocenters. The Balaban J connectivity index is 2.13. The van der Waals surface area contributed by atoms with Crippen LogP contribution in [-0.4, -0.2) is 0 Å². The molecule has 0 atom stereocenters. The summed E-state index contributed by atoms with van der Waals surface area (Å²) in [7, 11) is 0. The minimum Gasteiger partial charge on any atom is -0.253 e. The highest BCUT2D eigenvalue weighted by molar-refractivity contribution is 5.74. The van der Waals surface area contributed by atoms with Crippen molar-refractivity contribution in [2.24, 2.45) is 0 Å². The van der Waals surface area contributed by atoms with Gasteiger partial charge in [0.2, 0.25) is 0 Å². The first-order valence-electron chi connectivity index (χ1n) is 8.08. The standard InChI is InChI=1S/C22H21F3/c1-4-16(2)19-13-6-5-11-18(19)12-9-10-17(3)20-14-7-8-15-21(20)22(23,24)25/h4-11,13-15H,3,12H2,1-2H3/q-2/b10-9-,16-4?. The van der Waals surface area contributed by atoms with Gasteiger partial charge in [-0.3, -0.25) is 12.5 Å². The Kier molecular flexibility index (Phi) is 6.02. The summed E-state index contributed by atoms with van der Waals surface area (Å²) in [6.45, 7) is 7.83. The Morgan fingerprint density at radius 2 is 2.00 bits per heavy atom. The molecule has 0 amide bonds. The van der Waals surface area contributed by atoms with Crippen LogP contribution in [0.3, 0.4) is 0 Å². The monoisotopic (exact) mass is 342 g/mol. The molecule has 0 spiro atoms. The maximum absolute atomic E-state index is 13.1. The van der Waals surface area contributed by atoms with E-state index < -0.39 is 11.7 Å². The average Bonchev–Trinajstić information content (AvgIpc) is 2.60. The molecule has 1 aliphatic rings. The number of halogens is 3. The highest BCUT2D eigenvalue weighted by Crippen LogP contribution is 2.35. The van der Waals surface area contributed by atoms with E-state index in [4.69, 9.17) is 0 Å². The first kappa shape index (κ1) is 18.8. The van der Waals surface area contributed by atoms with Gasteiger partial charge in [-0.25, -0.2) is 23.6 Å². The highest BCUT2D eigenvalue weighted by atomic mass is 19.4. The number of rotatable bonds is 5. The van der Waals surface area contributed by atoms with Crippen molar-refractivity contribution in [3.05, 3.63) is 102 Å². The van der Waals surface area contributed by atoms with Crippen molar-refractivity contribution in [3.63, 3.8) is 0 Å². The van der Waals surface area contributed by atoms with E-state index in [0.29, 0.717) is 12.0 Å². The molecule has 132 valence electrons. The molecular formula is C22H21F3-2. The van der Waals surface area contributed by atoms with E-state index in [0.717, 1.165) is 17.6 Å². The van der Waals surface area contributed by atoms with Crippen molar-refractivity contribution < 1.29 is 13.2 Å². The minimum atomic E-state index is -4.39. The fraction of sp³-hybridized carbons (Fsp3) is 0.182. The predicted molar refractivity (Wildman–Crippen MR) is 98.4 cm³/mol. The second-order valence-corrected chi connectivity index (χ2v) is 5.80. The molecule has 0 radical (unpaired) electrons. The zero-order valence-electron chi connectivity index (χ0n) is 14.4. The van der Waals surface area contributed by atoms with Gasteiger partial charge >= 0.3 is 6.18 Å². The fourth-order valence-corrected chi connectivity index (χ4v) is 2.67. The summed E-state index contributed by atoms with van der Waals surface area (Å²) in [5, 5.41) is 0. The van der Waals surface area contributed by atoms with Crippen molar-refractivity contribution in [2.75, 3.05) is 0 Å². The van der Waals surface area contributed by atoms with Crippen molar-refractivity contribution in [1.82, 2.24) is 0 Å². The summed E-state index contributed by atoms with van der Waals surface area (Å²) in [6.07, 6.45) is 9.82. The molecule has 1 aliphatic carbocycles. The van der Waals surface area contributed by atoms with Gasteiger partial charge in [-0.15, -0.1) is 0 Å². The molecule has 0 saturated carbocycles. The SMILES string of the molecule is C=C(/C=C\CC1=C[CH-]C=C[C-]1C(C)=CC)c1ccccc1C(F)(F)F. The third-order valence-electron chi connectivity index (χ3n) is 4.11. The molecule has 0 nitrogen and oxygen atoms in total. The quantitative estimate of drug-likeness (QED) is 0.403. The van der Waals surface area contributed by atoms with Crippen molar-refractivity contribution >= 4 is 5.57 Å². The third kappa shape index (κ3) is 4.72. The van der Waals surface area contributed by atoms with E-state index in [-0.39, 0.29) is 5.56 Å². The molecule has 1 aromatic rings. The molecule has 0 fully saturated rings. The molecule has 3 heteroatoms. The number of alkyl halides is 3. The number of hydrogen-bond acceptors (Lipinski definition) is 0. The van der Waals surface area contributed by atoms with E-state index in [2.05, 4.69) is 6.58 Å². The molecular weight excluding hydrogens is 321 g/mol. The van der Waals surface area contributed by atoms with E-state index in [1.165, 1.54) is 17.7 Å². The van der Waals surface area contributed by atoms with Gasteiger partial charge in [-0.1, -0.05) is 57.2 Å². The van der Waals surface area contributed by atoms with Crippen LogP contribution in [0.25, 0.3) is 5.57 Å². The number of hydrogen-bond donors (Lipinski definition) is 0. The zero-order valence-corrected chi connectivity index (χ0v) is 14.4. The number of benzene rings is 1. The number of allylic oxidation sites excluding steroid dienone is 9. The van der Waals surface area contributed by atoms with Crippen LogP contribution < -0.4 is 0 Å². The Labute approximate surface area is 147 Å². The first-order valence-corrected chi connectivity index (χ1v) is 8.08. The summed E-state index contributed by atoms with van der Waals surface area (Å²) in [4.78, 5) is 0. The van der Waals surface area contributed by atoms with Crippen LogP contribution in [0, 0.1) is 12.3 Å². The fourth-order valence-electron chi connectivity index (χ4n) is 2.67. The average molecular weight is 342 g/mol. The van der Waals surface area contributed by atoms with Gasteiger partial charge < -0.3 is 0 Å². The lowest BCUT2D eigenvalue weighted by atomic mass is 9.85. The van der Waals surface area contributed by atoms with Crippen molar-refractivity contribution in [3.8, 4) is 0 Å². The molecule has 0 aromatic heterocycles. The van der Waals surface area contributed by atoms with Crippen LogP contribution in [-0.2, 0) is 6.18 Å². The van der Waals surface area contributed by atoms with E-state index in [1.807, 2.05) is 50.6 Å². The molecule has 0 heterocycles. The molecule has 1 aromatic carbocycles. The van der Waals surface area contributed by atoms with Crippen LogP contribution in [0.4, 0.5) is 13.2 Å². The molecule has 0 aliphatic heterocycles. The van der Waals surface area contributed by atoms with Crippen LogP contribution in [0.2, 0.25) is 0 Å². The lowest BCUT2D eigenvalue weighted by molar-refractivity contribution is -0.137. The van der Waals surface area contributed by atoms with Crippen molar-refractivity contribution in [2.45, 2.75) is 26.4 Å². The Bertz CT molecular complexity index is 743. The largest absolute Gasteiger partial charge is 0.417 e. The van der Waals surface area contributed by atoms with Crippen molar-refractivity contribution in [1.29, 1.82) is 0 Å². The summed E-state index contributed by atoms with van der Waals surface area (Å²) in [5.74, 6) is 1.15. The van der Waals surface area contributed by atoms with Gasteiger partial charge in [-0.2, -0.15) is 24.8 Å². The second kappa shape index (κ2) is 8.02. The van der Waals surface area contributed by atoms with E-state index >= 15 is 0 Å². The lowest BCUT2D eigenvalue weighted by Crippen LogP contribution is -2.08. The Hall–Kier alpha value is -2.55. The van der Waals surface area contributed by atoms with E-state index in [1.54, 1.807) is 12.1 Å². The maximum Gasteiger partial charge on any atom is 0.417 e. The Morgan fingerprint density at radius 3 is 2.68 bits per heavy atom. The van der Waals surface area contributed by atoms with Gasteiger partial charge in [0.1, 0.15) is 0 Å². The topological polar surface area (TPSA) is 0 Å². The van der Waals surface area contributed by atoms with Crippen LogP contribution in [0.15, 0.2) is 78.4 Å². The predicted octanol–water partition coefficient (Wildman–Crippen LogP) is 6.91. The molecule has 0 saturated heterocycles. The van der Waals surface area contributed by atoms with Gasteiger partial charge in [0, 0.05) is 0 Å². The van der Waals surface area contributed by atoms with E-state index in [9.17, 15) is 13.2 Å². The maximum atomic E-state index is 13.1. The summed E-state index contributed by atoms with van der Waals surface area (Å²) < 4.78 is 39.3. The zero-order chi connectivity index (χ0) is 18.4. The molecule has 25 heavy (non-hydrogen) atoms.